The molecule has 19 heavy (non-hydrogen) atoms. The highest BCUT2D eigenvalue weighted by Crippen LogP contribution is 2.26. The highest BCUT2D eigenvalue weighted by molar-refractivity contribution is 9.10. The summed E-state index contributed by atoms with van der Waals surface area (Å²) in [7, 11) is 0. The van der Waals surface area contributed by atoms with Crippen LogP contribution >= 0.6 is 15.9 Å². The van der Waals surface area contributed by atoms with E-state index >= 15 is 0 Å². The van der Waals surface area contributed by atoms with Gasteiger partial charge in [-0.1, -0.05) is 38.5 Å². The van der Waals surface area contributed by atoms with Gasteiger partial charge in [-0.3, -0.25) is 0 Å². The van der Waals surface area contributed by atoms with Gasteiger partial charge in [0, 0.05) is 11.5 Å². The van der Waals surface area contributed by atoms with Crippen molar-refractivity contribution in [1.82, 2.24) is 9.97 Å². The first-order chi connectivity index (χ1) is 8.84. The zero-order valence-electron chi connectivity index (χ0n) is 11.6. The molecule has 1 aromatic heterocycles. The Bertz CT molecular complexity index is 574. The molecule has 0 N–H and O–H groups in total. The first kappa shape index (κ1) is 14.0. The molecule has 0 radical (unpaired) electrons. The Morgan fingerprint density at radius 3 is 2.26 bits per heavy atom. The van der Waals surface area contributed by atoms with Gasteiger partial charge in [-0.2, -0.15) is 4.98 Å². The van der Waals surface area contributed by atoms with Crippen LogP contribution in [0.15, 0.2) is 34.9 Å². The minimum Gasteiger partial charge on any atom is -0.439 e. The lowest BCUT2D eigenvalue weighted by molar-refractivity contribution is 0.444. The SMILES string of the molecule is Cc1ccc(Oc2cc(Br)nc(C(C)(C)C)n2)cc1. The van der Waals surface area contributed by atoms with Crippen LogP contribution in [0.2, 0.25) is 0 Å². The summed E-state index contributed by atoms with van der Waals surface area (Å²) in [6.45, 7) is 8.27. The third-order valence-corrected chi connectivity index (χ3v) is 2.99. The summed E-state index contributed by atoms with van der Waals surface area (Å²) in [4.78, 5) is 8.85. The van der Waals surface area contributed by atoms with Crippen molar-refractivity contribution in [2.45, 2.75) is 33.1 Å². The van der Waals surface area contributed by atoms with Gasteiger partial charge in [-0.25, -0.2) is 4.98 Å². The van der Waals surface area contributed by atoms with Gasteiger partial charge in [0.2, 0.25) is 5.88 Å². The topological polar surface area (TPSA) is 35.0 Å². The maximum absolute atomic E-state index is 5.77. The van der Waals surface area contributed by atoms with E-state index in [-0.39, 0.29) is 5.41 Å². The van der Waals surface area contributed by atoms with Crippen molar-refractivity contribution in [3.8, 4) is 11.6 Å². The van der Waals surface area contributed by atoms with Crippen LogP contribution in [-0.4, -0.2) is 9.97 Å². The number of hydrogen-bond acceptors (Lipinski definition) is 3. The van der Waals surface area contributed by atoms with Crippen LogP contribution in [0.1, 0.15) is 32.2 Å². The molecule has 0 saturated heterocycles. The van der Waals surface area contributed by atoms with Crippen molar-refractivity contribution in [1.29, 1.82) is 0 Å². The second-order valence-electron chi connectivity index (χ2n) is 5.52. The molecule has 0 aliphatic heterocycles. The number of aromatic nitrogens is 2. The van der Waals surface area contributed by atoms with Crippen LogP contribution in [-0.2, 0) is 5.41 Å². The first-order valence-corrected chi connectivity index (χ1v) is 6.93. The van der Waals surface area contributed by atoms with E-state index in [0.29, 0.717) is 5.88 Å². The van der Waals surface area contributed by atoms with Gasteiger partial charge in [-0.05, 0) is 35.0 Å². The Kier molecular flexibility index (Phi) is 3.90. The predicted octanol–water partition coefficient (Wildman–Crippen LogP) is 4.64. The Morgan fingerprint density at radius 1 is 1.05 bits per heavy atom. The molecule has 3 nitrogen and oxygen atoms in total. The molecule has 0 saturated carbocycles. The molecule has 0 fully saturated rings. The average molecular weight is 321 g/mol. The highest BCUT2D eigenvalue weighted by atomic mass is 79.9. The summed E-state index contributed by atoms with van der Waals surface area (Å²) in [6, 6.07) is 9.66. The minimum absolute atomic E-state index is 0.116. The summed E-state index contributed by atoms with van der Waals surface area (Å²) in [5, 5.41) is 0. The molecule has 0 atom stereocenters. The molecule has 0 amide bonds. The number of nitrogens with zero attached hydrogens (tertiary/aromatic N) is 2. The van der Waals surface area contributed by atoms with E-state index in [4.69, 9.17) is 4.74 Å². The van der Waals surface area contributed by atoms with E-state index in [1.807, 2.05) is 31.2 Å². The fraction of sp³-hybridized carbons (Fsp3) is 0.333. The third-order valence-electron chi connectivity index (χ3n) is 2.59. The van der Waals surface area contributed by atoms with Gasteiger partial charge in [-0.15, -0.1) is 0 Å². The van der Waals surface area contributed by atoms with Gasteiger partial charge in [0.15, 0.2) is 0 Å². The van der Waals surface area contributed by atoms with Crippen molar-refractivity contribution < 1.29 is 4.74 Å². The van der Waals surface area contributed by atoms with E-state index in [9.17, 15) is 0 Å². The molecule has 0 bridgehead atoms. The molecule has 2 rings (SSSR count). The number of ether oxygens (including phenoxy) is 1. The molecule has 0 aliphatic rings. The van der Waals surface area contributed by atoms with E-state index < -0.39 is 0 Å². The maximum atomic E-state index is 5.77. The predicted molar refractivity (Wildman–Crippen MR) is 79.7 cm³/mol. The zero-order valence-corrected chi connectivity index (χ0v) is 13.2. The molecule has 4 heteroatoms. The minimum atomic E-state index is -0.116. The monoisotopic (exact) mass is 320 g/mol. The molecular weight excluding hydrogens is 304 g/mol. The molecule has 1 heterocycles. The number of halogens is 1. The summed E-state index contributed by atoms with van der Waals surface area (Å²) >= 11 is 3.40. The van der Waals surface area contributed by atoms with Crippen LogP contribution in [0.5, 0.6) is 11.6 Å². The molecule has 1 aromatic carbocycles. The lowest BCUT2D eigenvalue weighted by Gasteiger charge is -2.17. The largest absolute Gasteiger partial charge is 0.439 e. The maximum Gasteiger partial charge on any atom is 0.223 e. The number of rotatable bonds is 2. The van der Waals surface area contributed by atoms with Crippen molar-refractivity contribution >= 4 is 15.9 Å². The first-order valence-electron chi connectivity index (χ1n) is 6.14. The van der Waals surface area contributed by atoms with Gasteiger partial charge < -0.3 is 4.74 Å². The lowest BCUT2D eigenvalue weighted by Crippen LogP contribution is -2.16. The van der Waals surface area contributed by atoms with Crippen LogP contribution in [0.3, 0.4) is 0 Å². The van der Waals surface area contributed by atoms with Crippen LogP contribution < -0.4 is 4.74 Å². The Labute approximate surface area is 122 Å². The van der Waals surface area contributed by atoms with Crippen LogP contribution in [0.4, 0.5) is 0 Å². The van der Waals surface area contributed by atoms with Gasteiger partial charge >= 0.3 is 0 Å². The van der Waals surface area contributed by atoms with Gasteiger partial charge in [0.25, 0.3) is 0 Å². The molecular formula is C15H17BrN2O. The number of hydrogen-bond donors (Lipinski definition) is 0. The quantitative estimate of drug-likeness (QED) is 0.756. The van der Waals surface area contributed by atoms with Crippen LogP contribution in [0.25, 0.3) is 0 Å². The second-order valence-corrected chi connectivity index (χ2v) is 6.33. The fourth-order valence-electron chi connectivity index (χ4n) is 1.51. The second kappa shape index (κ2) is 5.29. The number of benzene rings is 1. The fourth-order valence-corrected chi connectivity index (χ4v) is 1.88. The van der Waals surface area contributed by atoms with E-state index in [1.54, 1.807) is 6.07 Å². The Morgan fingerprint density at radius 2 is 1.68 bits per heavy atom. The van der Waals surface area contributed by atoms with Crippen molar-refractivity contribution in [3.63, 3.8) is 0 Å². The van der Waals surface area contributed by atoms with Crippen LogP contribution in [0, 0.1) is 6.92 Å². The third kappa shape index (κ3) is 3.77. The summed E-state index contributed by atoms with van der Waals surface area (Å²) in [6.07, 6.45) is 0. The van der Waals surface area contributed by atoms with Crippen molar-refractivity contribution in [2.24, 2.45) is 0 Å². The lowest BCUT2D eigenvalue weighted by atomic mass is 9.96. The Balaban J connectivity index is 2.30. The normalized spacial score (nSPS) is 11.4. The zero-order chi connectivity index (χ0) is 14.0. The average Bonchev–Trinajstić information content (AvgIpc) is 2.30. The number of aryl methyl sites for hydroxylation is 1. The van der Waals surface area contributed by atoms with Gasteiger partial charge in [0.1, 0.15) is 16.2 Å². The molecule has 0 unspecified atom stereocenters. The van der Waals surface area contributed by atoms with Gasteiger partial charge in [0.05, 0.1) is 0 Å². The van der Waals surface area contributed by atoms with Crippen molar-refractivity contribution in [3.05, 3.63) is 46.3 Å². The summed E-state index contributed by atoms with van der Waals surface area (Å²) in [5.74, 6) is 2.08. The summed E-state index contributed by atoms with van der Waals surface area (Å²) in [5.41, 5.74) is 1.08. The molecule has 0 spiro atoms. The smallest absolute Gasteiger partial charge is 0.223 e. The molecule has 2 aromatic rings. The Hall–Kier alpha value is -1.42. The van der Waals surface area contributed by atoms with E-state index in [2.05, 4.69) is 46.7 Å². The summed E-state index contributed by atoms with van der Waals surface area (Å²) < 4.78 is 6.50. The van der Waals surface area contributed by atoms with E-state index in [0.717, 1.165) is 16.2 Å². The van der Waals surface area contributed by atoms with E-state index in [1.165, 1.54) is 5.56 Å². The molecule has 100 valence electrons. The standard InChI is InChI=1S/C15H17BrN2O/c1-10-5-7-11(8-6-10)19-13-9-12(16)17-14(18-13)15(2,3)4/h5-9H,1-4H3. The van der Waals surface area contributed by atoms with Crippen molar-refractivity contribution in [2.75, 3.05) is 0 Å². The highest BCUT2D eigenvalue weighted by Gasteiger charge is 2.19. The molecule has 0 aliphatic carbocycles.